The molecule has 3 N–H and O–H groups in total. The highest BCUT2D eigenvalue weighted by atomic mass is 19.4. The molecule has 12 heteroatoms. The van der Waals surface area contributed by atoms with Crippen molar-refractivity contribution in [3.8, 4) is 0 Å². The normalized spacial score (nSPS) is 22.7. The minimum Gasteiger partial charge on any atom is -0.376 e. The molecule has 212 valence electrons. The summed E-state index contributed by atoms with van der Waals surface area (Å²) in [6, 6.07) is 6.28. The number of nitrogens with zero attached hydrogens (tertiary/aromatic N) is 1. The smallest absolute Gasteiger partial charge is 0.376 e. The van der Waals surface area contributed by atoms with Crippen LogP contribution >= 0.6 is 0 Å². The number of amides is 2. The highest BCUT2D eigenvalue weighted by molar-refractivity contribution is 6.00. The number of likely N-dealkylation sites (tertiary alicyclic amines) is 1. The van der Waals surface area contributed by atoms with E-state index in [1.807, 2.05) is 0 Å². The van der Waals surface area contributed by atoms with Gasteiger partial charge in [-0.2, -0.15) is 26.3 Å². The topological polar surface area (TPSA) is 83.6 Å². The van der Waals surface area contributed by atoms with E-state index < -0.39 is 58.2 Å². The lowest BCUT2D eigenvalue weighted by Gasteiger charge is -2.50. The van der Waals surface area contributed by atoms with Crippen molar-refractivity contribution in [2.45, 2.75) is 68.4 Å². The Balaban J connectivity index is 1.82. The van der Waals surface area contributed by atoms with Gasteiger partial charge in [0, 0.05) is 18.0 Å². The van der Waals surface area contributed by atoms with Crippen molar-refractivity contribution in [3.63, 3.8) is 0 Å². The molecule has 5 nitrogen and oxygen atoms in total. The molecule has 4 rings (SSSR count). The van der Waals surface area contributed by atoms with Gasteiger partial charge in [-0.1, -0.05) is 18.2 Å². The fourth-order valence-electron chi connectivity index (χ4n) is 5.58. The number of nitrogens with two attached hydrogens (primary N) is 1. The number of carbonyl (C=O) groups is 2. The maximum Gasteiger partial charge on any atom is 0.421 e. The second kappa shape index (κ2) is 9.79. The highest BCUT2D eigenvalue weighted by Crippen LogP contribution is 2.54. The van der Waals surface area contributed by atoms with Gasteiger partial charge in [-0.25, -0.2) is 4.39 Å². The second-order valence-electron chi connectivity index (χ2n) is 10.4. The third kappa shape index (κ3) is 5.10. The first kappa shape index (κ1) is 28.8. The first-order chi connectivity index (χ1) is 18.0. The average molecular weight is 561 g/mol. The van der Waals surface area contributed by atoms with Crippen LogP contribution in [0.15, 0.2) is 42.5 Å². The summed E-state index contributed by atoms with van der Waals surface area (Å²) >= 11 is 0. The number of primary amides is 1. The van der Waals surface area contributed by atoms with Gasteiger partial charge >= 0.3 is 12.4 Å². The molecule has 39 heavy (non-hydrogen) atoms. The average Bonchev–Trinajstić information content (AvgIpc) is 3.68. The summed E-state index contributed by atoms with van der Waals surface area (Å²) in [5.41, 5.74) is -1.47. The molecule has 1 heterocycles. The quantitative estimate of drug-likeness (QED) is 0.448. The van der Waals surface area contributed by atoms with Crippen molar-refractivity contribution in [2.24, 2.45) is 11.7 Å². The Hall–Kier alpha value is -3.15. The third-order valence-corrected chi connectivity index (χ3v) is 7.84. The van der Waals surface area contributed by atoms with Crippen LogP contribution in [0.5, 0.6) is 0 Å². The molecule has 0 aromatic heterocycles. The predicted molar refractivity (Wildman–Crippen MR) is 126 cm³/mol. The van der Waals surface area contributed by atoms with Crippen LogP contribution in [0.1, 0.15) is 72.0 Å². The molecule has 0 radical (unpaired) electrons. The zero-order valence-corrected chi connectivity index (χ0v) is 20.9. The van der Waals surface area contributed by atoms with Crippen LogP contribution in [0.4, 0.5) is 30.7 Å². The van der Waals surface area contributed by atoms with Gasteiger partial charge in [-0.3, -0.25) is 9.59 Å². The van der Waals surface area contributed by atoms with E-state index in [1.54, 1.807) is 0 Å². The highest BCUT2D eigenvalue weighted by Gasteiger charge is 2.58. The number of hydrogen-bond donors (Lipinski definition) is 2. The molecule has 1 aliphatic heterocycles. The molecule has 1 aliphatic carbocycles. The van der Waals surface area contributed by atoms with Gasteiger partial charge in [0.15, 0.2) is 5.60 Å². The zero-order valence-electron chi connectivity index (χ0n) is 20.9. The Kier molecular flexibility index (Phi) is 7.25. The number of piperidine rings is 1. The molecule has 2 amide bonds. The van der Waals surface area contributed by atoms with Crippen molar-refractivity contribution in [1.82, 2.24) is 4.90 Å². The molecule has 3 atom stereocenters. The van der Waals surface area contributed by atoms with E-state index in [9.17, 15) is 41.0 Å². The molecule has 2 fully saturated rings. The number of carbonyl (C=O) groups excluding carboxylic acids is 2. The van der Waals surface area contributed by atoms with E-state index >= 15 is 4.39 Å². The van der Waals surface area contributed by atoms with E-state index in [1.165, 1.54) is 6.07 Å². The first-order valence-electron chi connectivity index (χ1n) is 12.4. The minimum absolute atomic E-state index is 0.00431. The monoisotopic (exact) mass is 560 g/mol. The van der Waals surface area contributed by atoms with Crippen LogP contribution < -0.4 is 5.73 Å². The van der Waals surface area contributed by atoms with E-state index in [4.69, 9.17) is 5.73 Å². The summed E-state index contributed by atoms with van der Waals surface area (Å²) in [4.78, 5) is 28.1. The van der Waals surface area contributed by atoms with Gasteiger partial charge in [0.05, 0.1) is 5.56 Å². The third-order valence-electron chi connectivity index (χ3n) is 7.84. The lowest BCUT2D eigenvalue weighted by atomic mass is 9.69. The zero-order chi connectivity index (χ0) is 29.0. The largest absolute Gasteiger partial charge is 0.421 e. The minimum atomic E-state index is -5.05. The maximum absolute atomic E-state index is 15.3. The van der Waals surface area contributed by atoms with Crippen LogP contribution in [-0.4, -0.2) is 40.1 Å². The number of rotatable bonds is 6. The summed E-state index contributed by atoms with van der Waals surface area (Å²) in [6.07, 6.45) is -8.00. The molecular formula is C27H27F7N2O3. The van der Waals surface area contributed by atoms with Gasteiger partial charge in [0.1, 0.15) is 11.4 Å². The van der Waals surface area contributed by atoms with Crippen molar-refractivity contribution in [3.05, 3.63) is 70.5 Å². The van der Waals surface area contributed by atoms with E-state index in [0.717, 1.165) is 29.2 Å². The van der Waals surface area contributed by atoms with Gasteiger partial charge in [0.2, 0.25) is 5.91 Å². The van der Waals surface area contributed by atoms with Crippen LogP contribution in [-0.2, 0) is 16.6 Å². The van der Waals surface area contributed by atoms with Crippen LogP contribution in [0.3, 0.4) is 0 Å². The van der Waals surface area contributed by atoms with Crippen LogP contribution in [0.25, 0.3) is 0 Å². The number of hydrogen-bond acceptors (Lipinski definition) is 3. The fourth-order valence-corrected chi connectivity index (χ4v) is 5.58. The molecule has 2 aliphatic rings. The number of alkyl halides is 6. The molecule has 0 bridgehead atoms. The van der Waals surface area contributed by atoms with E-state index in [0.29, 0.717) is 44.7 Å². The Morgan fingerprint density at radius 3 is 2.23 bits per heavy atom. The summed E-state index contributed by atoms with van der Waals surface area (Å²) < 4.78 is 95.2. The second-order valence-corrected chi connectivity index (χ2v) is 10.4. The molecule has 2 aromatic carbocycles. The van der Waals surface area contributed by atoms with Gasteiger partial charge in [0.25, 0.3) is 5.91 Å². The summed E-state index contributed by atoms with van der Waals surface area (Å²) in [6.45, 7) is 0.509. The molecule has 0 spiro atoms. The van der Waals surface area contributed by atoms with E-state index in [2.05, 4.69) is 0 Å². The van der Waals surface area contributed by atoms with Crippen molar-refractivity contribution in [2.75, 3.05) is 6.54 Å². The Morgan fingerprint density at radius 1 is 1.03 bits per heavy atom. The summed E-state index contributed by atoms with van der Waals surface area (Å²) in [5.74, 6) is -4.45. The van der Waals surface area contributed by atoms with Crippen molar-refractivity contribution in [1.29, 1.82) is 0 Å². The molecule has 1 saturated carbocycles. The molecule has 1 saturated heterocycles. The van der Waals surface area contributed by atoms with Crippen LogP contribution in [0, 0.1) is 11.7 Å². The summed E-state index contributed by atoms with van der Waals surface area (Å²) in [5, 5.41) is 10.1. The maximum atomic E-state index is 15.3. The van der Waals surface area contributed by atoms with E-state index in [-0.39, 0.29) is 30.0 Å². The Morgan fingerprint density at radius 2 is 1.69 bits per heavy atom. The SMILES string of the molecule is C[C@@](O)(c1cccc(C(=O)N2CCCCC2(C(N)=O)[C@@H](c2ccc(C(F)(F)F)cc2F)C2CC2)c1)C(F)(F)F. The van der Waals surface area contributed by atoms with Gasteiger partial charge < -0.3 is 15.7 Å². The van der Waals surface area contributed by atoms with Crippen LogP contribution in [0.2, 0.25) is 0 Å². The lowest BCUT2D eigenvalue weighted by Crippen LogP contribution is -2.65. The standard InChI is InChI=1S/C27H27F7N2O3/c1-24(39,27(32,33)34)17-6-4-5-16(13-17)22(37)36-12-3-2-11-25(36,23(35)38)21(15-7-8-15)19-10-9-18(14-20(19)28)26(29,30)31/h4-6,9-10,13-15,21,39H,2-3,7-8,11-12H2,1H3,(H2,35,38)/t21-,24-,25?/m1/s1. The Labute approximate surface area is 219 Å². The molecular weight excluding hydrogens is 533 g/mol. The number of aliphatic hydroxyl groups is 1. The number of halogens is 7. The molecule has 1 unspecified atom stereocenters. The Bertz CT molecular complexity index is 1270. The van der Waals surface area contributed by atoms with Gasteiger partial charge in [-0.15, -0.1) is 0 Å². The lowest BCUT2D eigenvalue weighted by molar-refractivity contribution is -0.258. The van der Waals surface area contributed by atoms with Crippen molar-refractivity contribution >= 4 is 11.8 Å². The number of benzene rings is 2. The fraction of sp³-hybridized carbons (Fsp3) is 0.481. The molecule has 2 aromatic rings. The summed E-state index contributed by atoms with van der Waals surface area (Å²) in [7, 11) is 0. The van der Waals surface area contributed by atoms with Gasteiger partial charge in [-0.05, 0) is 80.3 Å². The first-order valence-corrected chi connectivity index (χ1v) is 12.4. The predicted octanol–water partition coefficient (Wildman–Crippen LogP) is 5.66. The van der Waals surface area contributed by atoms with Crippen molar-refractivity contribution < 1.29 is 45.4 Å².